The van der Waals surface area contributed by atoms with E-state index in [1.165, 1.54) is 0 Å². The highest BCUT2D eigenvalue weighted by molar-refractivity contribution is 7.80. The van der Waals surface area contributed by atoms with Crippen molar-refractivity contribution in [2.75, 3.05) is 0 Å². The number of hydrogen-bond donors (Lipinski definition) is 1. The molecule has 0 aromatic heterocycles. The fourth-order valence-corrected chi connectivity index (χ4v) is 7.77. The average molecular weight is 371 g/mol. The van der Waals surface area contributed by atoms with E-state index < -0.39 is 10.4 Å². The summed E-state index contributed by atoms with van der Waals surface area (Å²) in [5.41, 5.74) is 0.130. The van der Waals surface area contributed by atoms with E-state index in [9.17, 15) is 13.2 Å². The minimum atomic E-state index is -4.37. The van der Waals surface area contributed by atoms with Crippen LogP contribution in [0.2, 0.25) is 0 Å². The first-order valence-corrected chi connectivity index (χ1v) is 11.2. The van der Waals surface area contributed by atoms with Crippen LogP contribution in [0.25, 0.3) is 0 Å². The first kappa shape index (κ1) is 17.9. The molecule has 4 rings (SSSR count). The second-order valence-corrected chi connectivity index (χ2v) is 10.5. The molecule has 142 valence electrons. The molecule has 4 fully saturated rings. The fraction of sp³-hybridized carbons (Fsp3) is 0.947. The zero-order valence-electron chi connectivity index (χ0n) is 15.2. The Morgan fingerprint density at radius 2 is 1.80 bits per heavy atom. The summed E-state index contributed by atoms with van der Waals surface area (Å²) < 4.78 is 36.0. The number of carbonyl (C=O) groups excluding carboxylic acids is 1. The normalized spacial score (nSPS) is 50.0. The average Bonchev–Trinajstić information content (AvgIpc) is 2.82. The summed E-state index contributed by atoms with van der Waals surface area (Å²) in [6.07, 6.45) is 8.19. The van der Waals surface area contributed by atoms with Crippen molar-refractivity contribution in [2.24, 2.45) is 34.5 Å². The van der Waals surface area contributed by atoms with E-state index in [-0.39, 0.29) is 16.9 Å². The van der Waals surface area contributed by atoms with Crippen LogP contribution in [0.4, 0.5) is 0 Å². The van der Waals surface area contributed by atoms with Gasteiger partial charge in [-0.3, -0.25) is 9.35 Å². The van der Waals surface area contributed by atoms with Gasteiger partial charge < -0.3 is 0 Å². The number of rotatable bonds is 2. The van der Waals surface area contributed by atoms with Crippen LogP contribution in [0.3, 0.4) is 0 Å². The molecule has 4 saturated carbocycles. The van der Waals surface area contributed by atoms with Crippen molar-refractivity contribution < 1.29 is 21.9 Å². The Morgan fingerprint density at radius 3 is 2.52 bits per heavy atom. The molecular weight excluding hydrogens is 340 g/mol. The van der Waals surface area contributed by atoms with Crippen molar-refractivity contribution in [2.45, 2.75) is 77.7 Å². The zero-order chi connectivity index (χ0) is 18.0. The lowest BCUT2D eigenvalue weighted by molar-refractivity contribution is -0.141. The highest BCUT2D eigenvalue weighted by atomic mass is 32.3. The fourth-order valence-electron chi connectivity index (χ4n) is 7.25. The summed E-state index contributed by atoms with van der Waals surface area (Å²) in [6, 6.07) is 0. The topological polar surface area (TPSA) is 80.7 Å². The van der Waals surface area contributed by atoms with E-state index in [0.717, 1.165) is 51.4 Å². The largest absolute Gasteiger partial charge is 0.397 e. The molecule has 0 amide bonds. The molecule has 7 atom stereocenters. The Kier molecular flexibility index (Phi) is 4.14. The lowest BCUT2D eigenvalue weighted by Crippen LogP contribution is -2.54. The van der Waals surface area contributed by atoms with Gasteiger partial charge in [-0.05, 0) is 80.5 Å². The molecule has 1 N–H and O–H groups in total. The monoisotopic (exact) mass is 370 g/mol. The van der Waals surface area contributed by atoms with Gasteiger partial charge in [0.1, 0.15) is 5.78 Å². The summed E-state index contributed by atoms with van der Waals surface area (Å²) in [5, 5.41) is 0. The first-order chi connectivity index (χ1) is 11.6. The second-order valence-electron chi connectivity index (χ2n) is 9.50. The summed E-state index contributed by atoms with van der Waals surface area (Å²) in [7, 11) is -4.37. The van der Waals surface area contributed by atoms with Crippen LogP contribution in [-0.2, 0) is 19.4 Å². The SMILES string of the molecule is C[C@]12CCC3[C@@H](CC[C@H]4C[C@H](OS(=O)(=O)O)CC[C@]34C)C1CCC2=O. The maximum Gasteiger partial charge on any atom is 0.397 e. The molecule has 25 heavy (non-hydrogen) atoms. The van der Waals surface area contributed by atoms with Gasteiger partial charge >= 0.3 is 10.4 Å². The summed E-state index contributed by atoms with van der Waals surface area (Å²) in [6.45, 7) is 4.59. The molecule has 5 nitrogen and oxygen atoms in total. The van der Waals surface area contributed by atoms with E-state index in [1.54, 1.807) is 0 Å². The molecule has 4 aliphatic carbocycles. The van der Waals surface area contributed by atoms with Crippen LogP contribution in [0, 0.1) is 34.5 Å². The molecule has 6 heteroatoms. The van der Waals surface area contributed by atoms with Gasteiger partial charge in [-0.2, -0.15) is 8.42 Å². The standard InChI is InChI=1S/C19H30O5S/c1-18-9-7-13(24-25(21,22)23)11-12(18)3-4-14-15-5-6-17(20)19(15,2)10-8-16(14)18/h12-16H,3-11H2,1-2H3,(H,21,22,23)/t12-,13+,14-,15?,16?,18-,19-/m0/s1. The van der Waals surface area contributed by atoms with Crippen LogP contribution >= 0.6 is 0 Å². The summed E-state index contributed by atoms with van der Waals surface area (Å²) in [5.74, 6) is 2.76. The molecule has 0 aliphatic heterocycles. The lowest BCUT2D eigenvalue weighted by Gasteiger charge is -2.60. The van der Waals surface area contributed by atoms with Crippen LogP contribution in [0.5, 0.6) is 0 Å². The third-order valence-corrected chi connectivity index (χ3v) is 9.10. The third-order valence-electron chi connectivity index (χ3n) is 8.58. The van der Waals surface area contributed by atoms with Crippen molar-refractivity contribution >= 4 is 16.2 Å². The number of Topliss-reactive ketones (excluding diaryl/α,β-unsaturated/α-hetero) is 1. The number of carbonyl (C=O) groups is 1. The minimum absolute atomic E-state index is 0.0877. The Hall–Kier alpha value is -0.460. The van der Waals surface area contributed by atoms with Crippen LogP contribution in [0.15, 0.2) is 0 Å². The molecule has 0 bridgehead atoms. The van der Waals surface area contributed by atoms with Crippen molar-refractivity contribution in [3.63, 3.8) is 0 Å². The van der Waals surface area contributed by atoms with E-state index in [2.05, 4.69) is 13.8 Å². The van der Waals surface area contributed by atoms with Crippen molar-refractivity contribution in [1.82, 2.24) is 0 Å². The van der Waals surface area contributed by atoms with Gasteiger partial charge in [0.2, 0.25) is 0 Å². The van der Waals surface area contributed by atoms with Crippen molar-refractivity contribution in [3.8, 4) is 0 Å². The van der Waals surface area contributed by atoms with Gasteiger partial charge in [0.15, 0.2) is 0 Å². The molecule has 0 heterocycles. The van der Waals surface area contributed by atoms with Crippen LogP contribution < -0.4 is 0 Å². The van der Waals surface area contributed by atoms with Crippen LogP contribution in [0.1, 0.15) is 71.6 Å². The molecule has 0 spiro atoms. The van der Waals surface area contributed by atoms with Crippen molar-refractivity contribution in [1.29, 1.82) is 0 Å². The predicted octanol–water partition coefficient (Wildman–Crippen LogP) is 3.79. The molecule has 0 aromatic carbocycles. The zero-order valence-corrected chi connectivity index (χ0v) is 16.1. The molecule has 0 aromatic rings. The smallest absolute Gasteiger partial charge is 0.299 e. The Morgan fingerprint density at radius 1 is 1.04 bits per heavy atom. The number of ketones is 1. The predicted molar refractivity (Wildman–Crippen MR) is 93.2 cm³/mol. The molecule has 4 aliphatic rings. The van der Waals surface area contributed by atoms with E-state index >= 15 is 0 Å². The number of hydrogen-bond acceptors (Lipinski definition) is 4. The molecular formula is C19H30O5S. The van der Waals surface area contributed by atoms with E-state index in [4.69, 9.17) is 8.74 Å². The van der Waals surface area contributed by atoms with E-state index in [0.29, 0.717) is 35.9 Å². The first-order valence-electron chi connectivity index (χ1n) is 9.82. The molecule has 2 unspecified atom stereocenters. The maximum absolute atomic E-state index is 12.4. The van der Waals surface area contributed by atoms with Gasteiger partial charge in [0.05, 0.1) is 6.10 Å². The van der Waals surface area contributed by atoms with Gasteiger partial charge in [-0.1, -0.05) is 13.8 Å². The van der Waals surface area contributed by atoms with Crippen LogP contribution in [-0.4, -0.2) is 24.9 Å². The maximum atomic E-state index is 12.4. The Balaban J connectivity index is 1.54. The van der Waals surface area contributed by atoms with Crippen molar-refractivity contribution in [3.05, 3.63) is 0 Å². The Labute approximate surface area is 150 Å². The summed E-state index contributed by atoms with van der Waals surface area (Å²) >= 11 is 0. The highest BCUT2D eigenvalue weighted by Gasteiger charge is 2.60. The quantitative estimate of drug-likeness (QED) is 0.748. The lowest BCUT2D eigenvalue weighted by atomic mass is 9.45. The molecule has 0 radical (unpaired) electrons. The van der Waals surface area contributed by atoms with E-state index in [1.807, 2.05) is 0 Å². The van der Waals surface area contributed by atoms with Gasteiger partial charge in [-0.25, -0.2) is 4.18 Å². The van der Waals surface area contributed by atoms with Gasteiger partial charge in [0, 0.05) is 11.8 Å². The Bertz CT molecular complexity index is 673. The number of fused-ring (bicyclic) bond motifs is 5. The second kappa shape index (κ2) is 5.77. The molecule has 0 saturated heterocycles. The summed E-state index contributed by atoms with van der Waals surface area (Å²) in [4.78, 5) is 12.4. The minimum Gasteiger partial charge on any atom is -0.299 e. The van der Waals surface area contributed by atoms with Gasteiger partial charge in [0.25, 0.3) is 0 Å². The third kappa shape index (κ3) is 2.79. The van der Waals surface area contributed by atoms with Gasteiger partial charge in [-0.15, -0.1) is 0 Å². The highest BCUT2D eigenvalue weighted by Crippen LogP contribution is 2.65.